The lowest BCUT2D eigenvalue weighted by Crippen LogP contribution is -2.15. The lowest BCUT2D eigenvalue weighted by atomic mass is 10.1. The Morgan fingerprint density at radius 2 is 2.00 bits per heavy atom. The van der Waals surface area contributed by atoms with Crippen molar-refractivity contribution in [1.82, 2.24) is 9.97 Å². The first-order valence-electron chi connectivity index (χ1n) is 5.19. The van der Waals surface area contributed by atoms with E-state index >= 15 is 0 Å². The van der Waals surface area contributed by atoms with Gasteiger partial charge in [0.15, 0.2) is 0 Å². The van der Waals surface area contributed by atoms with E-state index in [0.717, 1.165) is 5.56 Å². The number of nitrogens with zero attached hydrogens (tertiary/aromatic N) is 2. The van der Waals surface area contributed by atoms with Gasteiger partial charge in [-0.3, -0.25) is 4.98 Å². The Kier molecular flexibility index (Phi) is 3.90. The van der Waals surface area contributed by atoms with E-state index in [0.29, 0.717) is 11.0 Å². The largest absolute Gasteiger partial charge is 0.394 e. The molecule has 0 aliphatic carbocycles. The summed E-state index contributed by atoms with van der Waals surface area (Å²) in [5.41, 5.74) is 0.983. The Morgan fingerprint density at radius 1 is 1.24 bits per heavy atom. The number of aliphatic hydroxyl groups excluding tert-OH is 1. The van der Waals surface area contributed by atoms with Crippen LogP contribution in [0, 0.1) is 0 Å². The van der Waals surface area contributed by atoms with Crippen molar-refractivity contribution in [1.29, 1.82) is 0 Å². The molecule has 1 aromatic carbocycles. The summed E-state index contributed by atoms with van der Waals surface area (Å²) >= 11 is 5.74. The van der Waals surface area contributed by atoms with Gasteiger partial charge in [0.05, 0.1) is 25.0 Å². The Balaban J connectivity index is 2.16. The van der Waals surface area contributed by atoms with Crippen molar-refractivity contribution in [3.8, 4) is 0 Å². The molecule has 0 unspecified atom stereocenters. The molecule has 0 spiro atoms. The Bertz CT molecular complexity index is 478. The van der Waals surface area contributed by atoms with Crippen LogP contribution < -0.4 is 5.32 Å². The fourth-order valence-electron chi connectivity index (χ4n) is 1.51. The summed E-state index contributed by atoms with van der Waals surface area (Å²) in [6.45, 7) is -0.0296. The Morgan fingerprint density at radius 3 is 2.65 bits per heavy atom. The molecule has 1 heterocycles. The SMILES string of the molecule is OC[C@@H](Nc1cncc(Cl)n1)c1ccccc1. The molecule has 4 nitrogen and oxygen atoms in total. The highest BCUT2D eigenvalue weighted by molar-refractivity contribution is 6.29. The van der Waals surface area contributed by atoms with Crippen molar-refractivity contribution in [2.45, 2.75) is 6.04 Å². The highest BCUT2D eigenvalue weighted by Crippen LogP contribution is 2.17. The second-order valence-corrected chi connectivity index (χ2v) is 3.90. The number of nitrogens with one attached hydrogen (secondary N) is 1. The third-order valence-corrected chi connectivity index (χ3v) is 2.49. The maximum Gasteiger partial charge on any atom is 0.149 e. The molecule has 0 radical (unpaired) electrons. The highest BCUT2D eigenvalue weighted by Gasteiger charge is 2.10. The van der Waals surface area contributed by atoms with Gasteiger partial charge in [0.1, 0.15) is 11.0 Å². The molecular formula is C12H12ClN3O. The van der Waals surface area contributed by atoms with Gasteiger partial charge in [0, 0.05) is 0 Å². The third kappa shape index (κ3) is 3.15. The first kappa shape index (κ1) is 11.8. The Labute approximate surface area is 104 Å². The van der Waals surface area contributed by atoms with Crippen LogP contribution in [0.1, 0.15) is 11.6 Å². The molecule has 2 N–H and O–H groups in total. The van der Waals surface area contributed by atoms with Crippen molar-refractivity contribution >= 4 is 17.4 Å². The van der Waals surface area contributed by atoms with Gasteiger partial charge >= 0.3 is 0 Å². The molecule has 0 fully saturated rings. The van der Waals surface area contributed by atoms with Crippen LogP contribution in [0.5, 0.6) is 0 Å². The quantitative estimate of drug-likeness (QED) is 0.873. The van der Waals surface area contributed by atoms with E-state index in [4.69, 9.17) is 11.6 Å². The monoisotopic (exact) mass is 249 g/mol. The summed E-state index contributed by atoms with van der Waals surface area (Å²) in [5.74, 6) is 0.542. The summed E-state index contributed by atoms with van der Waals surface area (Å²) in [5, 5.41) is 12.8. The van der Waals surface area contributed by atoms with Crippen molar-refractivity contribution in [2.24, 2.45) is 0 Å². The Hall–Kier alpha value is -1.65. The van der Waals surface area contributed by atoms with Gasteiger partial charge in [-0.25, -0.2) is 4.98 Å². The van der Waals surface area contributed by atoms with Crippen LogP contribution in [0.4, 0.5) is 5.82 Å². The molecule has 0 amide bonds. The number of rotatable bonds is 4. The van der Waals surface area contributed by atoms with Crippen LogP contribution in [0.15, 0.2) is 42.7 Å². The van der Waals surface area contributed by atoms with Gasteiger partial charge in [0.25, 0.3) is 0 Å². The number of halogens is 1. The minimum atomic E-state index is -0.219. The molecule has 1 atom stereocenters. The van der Waals surface area contributed by atoms with E-state index < -0.39 is 0 Å². The third-order valence-electron chi connectivity index (χ3n) is 2.31. The van der Waals surface area contributed by atoms with Gasteiger partial charge in [-0.15, -0.1) is 0 Å². The van der Waals surface area contributed by atoms with Crippen molar-refractivity contribution < 1.29 is 5.11 Å². The highest BCUT2D eigenvalue weighted by atomic mass is 35.5. The van der Waals surface area contributed by atoms with Gasteiger partial charge in [-0.1, -0.05) is 41.9 Å². The fraction of sp³-hybridized carbons (Fsp3) is 0.167. The normalized spacial score (nSPS) is 12.1. The molecule has 1 aromatic heterocycles. The minimum Gasteiger partial charge on any atom is -0.394 e. The van der Waals surface area contributed by atoms with Gasteiger partial charge < -0.3 is 10.4 Å². The molecular weight excluding hydrogens is 238 g/mol. The van der Waals surface area contributed by atoms with Gasteiger partial charge in [-0.05, 0) is 5.56 Å². The molecule has 0 aliphatic rings. The topological polar surface area (TPSA) is 58.0 Å². The van der Waals surface area contributed by atoms with E-state index in [1.54, 1.807) is 6.20 Å². The molecule has 2 aromatic rings. The van der Waals surface area contributed by atoms with Crippen molar-refractivity contribution in [3.63, 3.8) is 0 Å². The summed E-state index contributed by atoms with van der Waals surface area (Å²) in [7, 11) is 0. The summed E-state index contributed by atoms with van der Waals surface area (Å²) < 4.78 is 0. The number of aromatic nitrogens is 2. The predicted octanol–water partition coefficient (Wildman–Crippen LogP) is 2.28. The summed E-state index contributed by atoms with van der Waals surface area (Å²) in [6.07, 6.45) is 3.03. The second-order valence-electron chi connectivity index (χ2n) is 3.52. The zero-order valence-electron chi connectivity index (χ0n) is 9.05. The summed E-state index contributed by atoms with van der Waals surface area (Å²) in [4.78, 5) is 7.99. The maximum absolute atomic E-state index is 9.37. The molecule has 2 rings (SSSR count). The van der Waals surface area contributed by atoms with Crippen molar-refractivity contribution in [2.75, 3.05) is 11.9 Å². The van der Waals surface area contributed by atoms with Crippen LogP contribution in [-0.2, 0) is 0 Å². The van der Waals surface area contributed by atoms with E-state index in [9.17, 15) is 5.11 Å². The molecule has 0 bridgehead atoms. The number of hydrogen-bond acceptors (Lipinski definition) is 4. The molecule has 0 aliphatic heterocycles. The average Bonchev–Trinajstić information content (AvgIpc) is 2.37. The number of aliphatic hydroxyl groups is 1. The number of anilines is 1. The zero-order valence-corrected chi connectivity index (χ0v) is 9.80. The molecule has 17 heavy (non-hydrogen) atoms. The van der Waals surface area contributed by atoms with E-state index in [-0.39, 0.29) is 12.6 Å². The lowest BCUT2D eigenvalue weighted by molar-refractivity contribution is 0.276. The first-order chi connectivity index (χ1) is 8.29. The lowest BCUT2D eigenvalue weighted by Gasteiger charge is -2.16. The maximum atomic E-state index is 9.37. The van der Waals surface area contributed by atoms with E-state index in [1.165, 1.54) is 6.20 Å². The molecule has 5 heteroatoms. The van der Waals surface area contributed by atoms with Crippen LogP contribution in [0.25, 0.3) is 0 Å². The fourth-order valence-corrected chi connectivity index (χ4v) is 1.66. The van der Waals surface area contributed by atoms with Crippen molar-refractivity contribution in [3.05, 3.63) is 53.4 Å². The van der Waals surface area contributed by atoms with Gasteiger partial charge in [0.2, 0.25) is 0 Å². The molecule has 0 saturated heterocycles. The van der Waals surface area contributed by atoms with Crippen LogP contribution in [0.2, 0.25) is 5.15 Å². The van der Waals surface area contributed by atoms with Crippen LogP contribution in [-0.4, -0.2) is 21.7 Å². The molecule has 0 saturated carbocycles. The van der Waals surface area contributed by atoms with E-state index in [1.807, 2.05) is 30.3 Å². The van der Waals surface area contributed by atoms with Crippen LogP contribution in [0.3, 0.4) is 0 Å². The van der Waals surface area contributed by atoms with Gasteiger partial charge in [-0.2, -0.15) is 0 Å². The smallest absolute Gasteiger partial charge is 0.149 e. The first-order valence-corrected chi connectivity index (χ1v) is 5.57. The average molecular weight is 250 g/mol. The standard InChI is InChI=1S/C12H12ClN3O/c13-11-6-14-7-12(16-11)15-10(8-17)9-4-2-1-3-5-9/h1-7,10,17H,8H2,(H,15,16)/t10-/m1/s1. The zero-order chi connectivity index (χ0) is 12.1. The molecule has 88 valence electrons. The second kappa shape index (κ2) is 5.61. The van der Waals surface area contributed by atoms with E-state index in [2.05, 4.69) is 15.3 Å². The summed E-state index contributed by atoms with van der Waals surface area (Å²) in [6, 6.07) is 9.42. The van der Waals surface area contributed by atoms with Crippen LogP contribution >= 0.6 is 11.6 Å². The number of benzene rings is 1. The number of hydrogen-bond donors (Lipinski definition) is 2. The predicted molar refractivity (Wildman–Crippen MR) is 66.9 cm³/mol. The minimum absolute atomic E-state index is 0.0296.